The van der Waals surface area contributed by atoms with E-state index in [0.717, 1.165) is 42.1 Å². The SMILES string of the molecule is CCc1cc(C(=O)O)c(=O)[nH]c1-c1ccc2nc(CN(CC)CC)cn2c1. The molecular formula is C20H24N4O3. The number of fused-ring (bicyclic) bond motifs is 1. The molecule has 0 saturated carbocycles. The highest BCUT2D eigenvalue weighted by Crippen LogP contribution is 2.22. The lowest BCUT2D eigenvalue weighted by molar-refractivity contribution is 0.0695. The fourth-order valence-corrected chi connectivity index (χ4v) is 3.21. The normalized spacial score (nSPS) is 11.4. The van der Waals surface area contributed by atoms with Gasteiger partial charge in [0.2, 0.25) is 0 Å². The monoisotopic (exact) mass is 368 g/mol. The summed E-state index contributed by atoms with van der Waals surface area (Å²) < 4.78 is 1.94. The van der Waals surface area contributed by atoms with Gasteiger partial charge in [-0.25, -0.2) is 9.78 Å². The van der Waals surface area contributed by atoms with Crippen LogP contribution in [0.4, 0.5) is 0 Å². The zero-order valence-electron chi connectivity index (χ0n) is 15.8. The number of nitrogens with one attached hydrogen (secondary N) is 1. The van der Waals surface area contributed by atoms with Gasteiger partial charge in [0.25, 0.3) is 5.56 Å². The molecule has 3 aromatic heterocycles. The molecule has 0 spiro atoms. The molecule has 0 saturated heterocycles. The number of nitrogens with zero attached hydrogens (tertiary/aromatic N) is 3. The number of hydrogen-bond donors (Lipinski definition) is 2. The van der Waals surface area contributed by atoms with Gasteiger partial charge in [-0.15, -0.1) is 0 Å². The van der Waals surface area contributed by atoms with Gasteiger partial charge in [-0.3, -0.25) is 9.69 Å². The summed E-state index contributed by atoms with van der Waals surface area (Å²) in [5, 5.41) is 9.17. The number of rotatable bonds is 7. The number of carboxylic acid groups (broad SMARTS) is 1. The minimum absolute atomic E-state index is 0.235. The zero-order valence-corrected chi connectivity index (χ0v) is 15.8. The maximum absolute atomic E-state index is 12.1. The molecule has 3 heterocycles. The predicted molar refractivity (Wildman–Crippen MR) is 104 cm³/mol. The molecule has 3 aromatic rings. The van der Waals surface area contributed by atoms with Crippen LogP contribution >= 0.6 is 0 Å². The molecule has 0 aromatic carbocycles. The first-order valence-corrected chi connectivity index (χ1v) is 9.16. The average molecular weight is 368 g/mol. The summed E-state index contributed by atoms with van der Waals surface area (Å²) in [5.41, 5.74) is 3.25. The Balaban J connectivity index is 2.03. The van der Waals surface area contributed by atoms with Crippen molar-refractivity contribution in [2.45, 2.75) is 33.7 Å². The Bertz CT molecular complexity index is 1030. The Morgan fingerprint density at radius 1 is 1.22 bits per heavy atom. The summed E-state index contributed by atoms with van der Waals surface area (Å²) in [5.74, 6) is -1.22. The number of aromatic amines is 1. The number of hydrogen-bond acceptors (Lipinski definition) is 4. The van der Waals surface area contributed by atoms with Gasteiger partial charge in [-0.1, -0.05) is 20.8 Å². The third-order valence-electron chi connectivity index (χ3n) is 4.80. The van der Waals surface area contributed by atoms with Gasteiger partial charge in [-0.05, 0) is 43.3 Å². The van der Waals surface area contributed by atoms with E-state index in [0.29, 0.717) is 12.1 Å². The van der Waals surface area contributed by atoms with Crippen LogP contribution in [0.15, 0.2) is 35.4 Å². The summed E-state index contributed by atoms with van der Waals surface area (Å²) >= 11 is 0. The molecule has 0 atom stereocenters. The largest absolute Gasteiger partial charge is 0.477 e. The third kappa shape index (κ3) is 3.78. The van der Waals surface area contributed by atoms with E-state index in [1.165, 1.54) is 6.07 Å². The van der Waals surface area contributed by atoms with Crippen LogP contribution in [0.1, 0.15) is 42.4 Å². The van der Waals surface area contributed by atoms with Gasteiger partial charge in [-0.2, -0.15) is 0 Å². The van der Waals surface area contributed by atoms with Crippen molar-refractivity contribution in [3.63, 3.8) is 0 Å². The number of pyridine rings is 2. The fraction of sp³-hybridized carbons (Fsp3) is 0.350. The number of aryl methyl sites for hydroxylation is 1. The zero-order chi connectivity index (χ0) is 19.6. The standard InChI is InChI=1S/C20H24N4O3/c1-4-13-9-16(20(26)27)19(25)22-18(13)14-7-8-17-21-15(12-24(17)10-14)11-23(5-2)6-3/h7-10,12H,4-6,11H2,1-3H3,(H,22,25)(H,26,27). The maximum Gasteiger partial charge on any atom is 0.341 e. The van der Waals surface area contributed by atoms with E-state index < -0.39 is 11.5 Å². The second kappa shape index (κ2) is 7.75. The lowest BCUT2D eigenvalue weighted by atomic mass is 10.0. The topological polar surface area (TPSA) is 90.7 Å². The van der Waals surface area contributed by atoms with Gasteiger partial charge in [0.05, 0.1) is 11.4 Å². The second-order valence-corrected chi connectivity index (χ2v) is 6.45. The fourth-order valence-electron chi connectivity index (χ4n) is 3.21. The highest BCUT2D eigenvalue weighted by molar-refractivity contribution is 5.88. The highest BCUT2D eigenvalue weighted by Gasteiger charge is 2.15. The number of H-pyrrole nitrogens is 1. The van der Waals surface area contributed by atoms with Crippen LogP contribution in [0.25, 0.3) is 16.9 Å². The van der Waals surface area contributed by atoms with E-state index in [1.807, 2.05) is 35.9 Å². The van der Waals surface area contributed by atoms with Crippen molar-refractivity contribution < 1.29 is 9.90 Å². The smallest absolute Gasteiger partial charge is 0.341 e. The molecule has 0 fully saturated rings. The third-order valence-corrected chi connectivity index (χ3v) is 4.80. The first kappa shape index (κ1) is 18.8. The van der Waals surface area contributed by atoms with Crippen LogP contribution in [-0.2, 0) is 13.0 Å². The lowest BCUT2D eigenvalue weighted by Gasteiger charge is -2.15. The summed E-state index contributed by atoms with van der Waals surface area (Å²) in [6.07, 6.45) is 4.52. The molecule has 27 heavy (non-hydrogen) atoms. The van der Waals surface area contributed by atoms with Gasteiger partial charge in [0.15, 0.2) is 0 Å². The van der Waals surface area contributed by atoms with Crippen LogP contribution < -0.4 is 5.56 Å². The van der Waals surface area contributed by atoms with Gasteiger partial charge in [0, 0.05) is 24.5 Å². The molecule has 0 unspecified atom stereocenters. The molecule has 0 aliphatic carbocycles. The van der Waals surface area contributed by atoms with Gasteiger partial charge < -0.3 is 14.5 Å². The minimum atomic E-state index is -1.22. The summed E-state index contributed by atoms with van der Waals surface area (Å²) in [6, 6.07) is 5.26. The molecule has 0 aliphatic rings. The van der Waals surface area contributed by atoms with Crippen LogP contribution in [0.3, 0.4) is 0 Å². The molecule has 3 rings (SSSR count). The first-order valence-electron chi connectivity index (χ1n) is 9.16. The molecule has 2 N–H and O–H groups in total. The Kier molecular flexibility index (Phi) is 5.41. The average Bonchev–Trinajstić information content (AvgIpc) is 3.07. The van der Waals surface area contributed by atoms with E-state index in [1.54, 1.807) is 0 Å². The minimum Gasteiger partial charge on any atom is -0.477 e. The molecule has 7 heteroatoms. The van der Waals surface area contributed by atoms with Gasteiger partial charge >= 0.3 is 5.97 Å². The second-order valence-electron chi connectivity index (χ2n) is 6.45. The molecule has 0 radical (unpaired) electrons. The maximum atomic E-state index is 12.1. The van der Waals surface area contributed by atoms with E-state index >= 15 is 0 Å². The van der Waals surface area contributed by atoms with Crippen molar-refractivity contribution in [3.05, 3.63) is 57.8 Å². The summed E-state index contributed by atoms with van der Waals surface area (Å²) in [6.45, 7) is 8.90. The quantitative estimate of drug-likeness (QED) is 0.669. The molecule has 7 nitrogen and oxygen atoms in total. The highest BCUT2D eigenvalue weighted by atomic mass is 16.4. The van der Waals surface area contributed by atoms with Crippen molar-refractivity contribution in [1.82, 2.24) is 19.3 Å². The Morgan fingerprint density at radius 2 is 1.96 bits per heavy atom. The predicted octanol–water partition coefficient (Wildman–Crippen LogP) is 2.79. The summed E-state index contributed by atoms with van der Waals surface area (Å²) in [4.78, 5) is 33.0. The Morgan fingerprint density at radius 3 is 2.59 bits per heavy atom. The van der Waals surface area contributed by atoms with Crippen LogP contribution in [0.2, 0.25) is 0 Å². The number of aromatic nitrogens is 3. The van der Waals surface area contributed by atoms with Crippen molar-refractivity contribution in [3.8, 4) is 11.3 Å². The summed E-state index contributed by atoms with van der Waals surface area (Å²) in [7, 11) is 0. The van der Waals surface area contributed by atoms with Crippen molar-refractivity contribution in [2.24, 2.45) is 0 Å². The lowest BCUT2D eigenvalue weighted by Crippen LogP contribution is -2.22. The van der Waals surface area contributed by atoms with Crippen LogP contribution in [0, 0.1) is 0 Å². The number of carbonyl (C=O) groups is 1. The molecule has 0 aliphatic heterocycles. The van der Waals surface area contributed by atoms with Gasteiger partial charge in [0.1, 0.15) is 11.2 Å². The molecule has 142 valence electrons. The Hall–Kier alpha value is -2.93. The molecular weight excluding hydrogens is 344 g/mol. The van der Waals surface area contributed by atoms with Crippen LogP contribution in [0.5, 0.6) is 0 Å². The van der Waals surface area contributed by atoms with E-state index in [-0.39, 0.29) is 5.56 Å². The van der Waals surface area contributed by atoms with E-state index in [9.17, 15) is 9.59 Å². The number of carboxylic acids is 1. The molecule has 0 bridgehead atoms. The Labute approximate surface area is 157 Å². The van der Waals surface area contributed by atoms with E-state index in [4.69, 9.17) is 5.11 Å². The number of imidazole rings is 1. The van der Waals surface area contributed by atoms with Crippen molar-refractivity contribution in [2.75, 3.05) is 13.1 Å². The van der Waals surface area contributed by atoms with Crippen LogP contribution in [-0.4, -0.2) is 43.4 Å². The van der Waals surface area contributed by atoms with E-state index in [2.05, 4.69) is 28.7 Å². The molecule has 0 amide bonds. The van der Waals surface area contributed by atoms with Crippen molar-refractivity contribution >= 4 is 11.6 Å². The first-order chi connectivity index (χ1) is 13.0. The van der Waals surface area contributed by atoms with Crippen molar-refractivity contribution in [1.29, 1.82) is 0 Å². The number of aromatic carboxylic acids is 1.